The van der Waals surface area contributed by atoms with Gasteiger partial charge in [0, 0.05) is 47.7 Å². The van der Waals surface area contributed by atoms with Gasteiger partial charge >= 0.3 is 0 Å². The van der Waals surface area contributed by atoms with Crippen molar-refractivity contribution in [3.05, 3.63) is 58.6 Å². The van der Waals surface area contributed by atoms with Gasteiger partial charge in [0.05, 0.1) is 11.3 Å². The maximum atomic E-state index is 11.4. The van der Waals surface area contributed by atoms with Crippen molar-refractivity contribution in [2.75, 3.05) is 25.0 Å². The molecule has 1 amide bonds. The molecule has 0 aromatic heterocycles. The Kier molecular flexibility index (Phi) is 8.51. The van der Waals surface area contributed by atoms with Crippen LogP contribution in [-0.4, -0.2) is 48.1 Å². The number of ether oxygens (including phenoxy) is 1. The molecule has 0 saturated heterocycles. The molecule has 0 radical (unpaired) electrons. The molecule has 9 heteroatoms. The van der Waals surface area contributed by atoms with E-state index < -0.39 is 6.10 Å². The monoisotopic (exact) mass is 483 g/mol. The number of halogens is 1. The van der Waals surface area contributed by atoms with Gasteiger partial charge in [0.25, 0.3) is 0 Å². The van der Waals surface area contributed by atoms with Gasteiger partial charge in [-0.3, -0.25) is 4.79 Å². The van der Waals surface area contributed by atoms with E-state index in [-0.39, 0.29) is 24.0 Å². The number of hydrazone groups is 1. The van der Waals surface area contributed by atoms with Crippen molar-refractivity contribution in [2.24, 2.45) is 11.0 Å². The molecule has 3 rings (SSSR count). The van der Waals surface area contributed by atoms with Gasteiger partial charge < -0.3 is 20.5 Å². The first-order valence-electron chi connectivity index (χ1n) is 11.1. The third kappa shape index (κ3) is 7.19. The number of hydrogen-bond acceptors (Lipinski definition) is 7. The Morgan fingerprint density at radius 2 is 2.06 bits per heavy atom. The summed E-state index contributed by atoms with van der Waals surface area (Å²) in [4.78, 5) is 11.4. The number of carbonyl (C=O) groups is 1. The SMILES string of the molecule is CC1CC(=O)NN=C1c1ccc(NCC(C)(C)NC[C@H](O)COc2cc(Cl)ccc2C#N)cc1. The summed E-state index contributed by atoms with van der Waals surface area (Å²) in [6.45, 7) is 7.05. The predicted octanol–water partition coefficient (Wildman–Crippen LogP) is 3.29. The van der Waals surface area contributed by atoms with Crippen LogP contribution in [0.1, 0.15) is 38.3 Å². The minimum atomic E-state index is -0.761. The smallest absolute Gasteiger partial charge is 0.240 e. The largest absolute Gasteiger partial charge is 0.489 e. The molecule has 0 bridgehead atoms. The van der Waals surface area contributed by atoms with Gasteiger partial charge in [-0.2, -0.15) is 10.4 Å². The van der Waals surface area contributed by atoms with Crippen LogP contribution in [0.3, 0.4) is 0 Å². The number of carbonyl (C=O) groups excluding carboxylic acids is 1. The summed E-state index contributed by atoms with van der Waals surface area (Å²) in [5.74, 6) is 0.378. The fourth-order valence-electron chi connectivity index (χ4n) is 3.49. The van der Waals surface area contributed by atoms with Crippen molar-refractivity contribution >= 4 is 28.9 Å². The second-order valence-corrected chi connectivity index (χ2v) is 9.49. The van der Waals surface area contributed by atoms with Crippen molar-refractivity contribution in [1.29, 1.82) is 5.26 Å². The molecule has 0 fully saturated rings. The third-order valence-electron chi connectivity index (χ3n) is 5.49. The summed E-state index contributed by atoms with van der Waals surface area (Å²) in [5.41, 5.74) is 5.43. The molecule has 0 aliphatic carbocycles. The number of rotatable bonds is 10. The zero-order valence-electron chi connectivity index (χ0n) is 19.6. The normalized spacial score (nSPS) is 16.8. The van der Waals surface area contributed by atoms with Crippen molar-refractivity contribution in [3.8, 4) is 11.8 Å². The standard InChI is InChI=1S/C25H30ClN5O3/c1-16-10-23(33)30-31-24(16)17-5-8-20(9-6-17)28-15-25(2,3)29-13-21(32)14-34-22-11-19(26)7-4-18(22)12-27/h4-9,11,16,21,28-29,32H,10,13-15H2,1-3H3,(H,30,33)/t16?,21-/m0/s1. The average Bonchev–Trinajstić information content (AvgIpc) is 2.81. The fraction of sp³-hybridized carbons (Fsp3) is 0.400. The van der Waals surface area contributed by atoms with Crippen LogP contribution >= 0.6 is 11.6 Å². The van der Waals surface area contributed by atoms with Crippen molar-refractivity contribution in [1.82, 2.24) is 10.7 Å². The van der Waals surface area contributed by atoms with E-state index in [9.17, 15) is 9.90 Å². The molecule has 0 spiro atoms. The summed E-state index contributed by atoms with van der Waals surface area (Å²) in [5, 5.41) is 30.9. The molecule has 34 heavy (non-hydrogen) atoms. The van der Waals surface area contributed by atoms with E-state index in [0.29, 0.717) is 35.8 Å². The van der Waals surface area contributed by atoms with E-state index >= 15 is 0 Å². The van der Waals surface area contributed by atoms with E-state index in [1.165, 1.54) is 0 Å². The maximum Gasteiger partial charge on any atom is 0.240 e. The summed E-state index contributed by atoms with van der Waals surface area (Å²) in [7, 11) is 0. The molecule has 4 N–H and O–H groups in total. The number of anilines is 1. The molecule has 1 aliphatic heterocycles. The molecule has 1 aliphatic rings. The summed E-state index contributed by atoms with van der Waals surface area (Å²) in [6.07, 6.45) is -0.323. The van der Waals surface area contributed by atoms with Crippen LogP contribution in [0.5, 0.6) is 5.75 Å². The molecule has 8 nitrogen and oxygen atoms in total. The number of aliphatic hydroxyl groups excluding tert-OH is 1. The van der Waals surface area contributed by atoms with Gasteiger partial charge in [0.1, 0.15) is 24.5 Å². The molecule has 1 heterocycles. The summed E-state index contributed by atoms with van der Waals surface area (Å²) < 4.78 is 5.59. The van der Waals surface area contributed by atoms with Crippen LogP contribution in [0.2, 0.25) is 5.02 Å². The van der Waals surface area contributed by atoms with Gasteiger partial charge in [-0.05, 0) is 43.7 Å². The number of β-amino-alcohol motifs (C(OH)–C–C–N with tert-alkyl or cyclic N) is 1. The Labute approximate surface area is 205 Å². The third-order valence-corrected chi connectivity index (χ3v) is 5.72. The molecule has 2 aromatic carbocycles. The molecule has 1 unspecified atom stereocenters. The quantitative estimate of drug-likeness (QED) is 0.411. The Balaban J connectivity index is 1.46. The van der Waals surface area contributed by atoms with E-state index in [1.807, 2.05) is 51.1 Å². The minimum absolute atomic E-state index is 0.0375. The van der Waals surface area contributed by atoms with Gasteiger partial charge in [-0.25, -0.2) is 5.43 Å². The topological polar surface area (TPSA) is 119 Å². The number of nitrogens with one attached hydrogen (secondary N) is 3. The number of hydrogen-bond donors (Lipinski definition) is 4. The van der Waals surface area contributed by atoms with Crippen LogP contribution in [0.4, 0.5) is 5.69 Å². The van der Waals surface area contributed by atoms with E-state index in [4.69, 9.17) is 21.6 Å². The highest BCUT2D eigenvalue weighted by molar-refractivity contribution is 6.30. The lowest BCUT2D eigenvalue weighted by Gasteiger charge is -2.28. The summed E-state index contributed by atoms with van der Waals surface area (Å²) in [6, 6.07) is 14.8. The highest BCUT2D eigenvalue weighted by Crippen LogP contribution is 2.23. The first-order valence-corrected chi connectivity index (χ1v) is 11.5. The van der Waals surface area contributed by atoms with Crippen molar-refractivity contribution in [3.63, 3.8) is 0 Å². The van der Waals surface area contributed by atoms with Crippen LogP contribution in [-0.2, 0) is 4.79 Å². The van der Waals surface area contributed by atoms with Crippen LogP contribution in [0.25, 0.3) is 0 Å². The molecular formula is C25H30ClN5O3. The predicted molar refractivity (Wildman–Crippen MR) is 133 cm³/mol. The molecule has 2 atom stereocenters. The zero-order chi connectivity index (χ0) is 24.7. The van der Waals surface area contributed by atoms with E-state index in [2.05, 4.69) is 21.2 Å². The van der Waals surface area contributed by atoms with Gasteiger partial charge in [0.15, 0.2) is 0 Å². The van der Waals surface area contributed by atoms with E-state index in [0.717, 1.165) is 17.0 Å². The van der Waals surface area contributed by atoms with Crippen LogP contribution in [0, 0.1) is 17.2 Å². The molecule has 2 aromatic rings. The lowest BCUT2D eigenvalue weighted by atomic mass is 9.94. The Morgan fingerprint density at radius 3 is 2.74 bits per heavy atom. The Bertz CT molecular complexity index is 1080. The zero-order valence-corrected chi connectivity index (χ0v) is 20.3. The van der Waals surface area contributed by atoms with E-state index in [1.54, 1.807) is 18.2 Å². The van der Waals surface area contributed by atoms with Crippen LogP contribution in [0.15, 0.2) is 47.6 Å². The fourth-order valence-corrected chi connectivity index (χ4v) is 3.66. The molecule has 180 valence electrons. The second kappa shape index (κ2) is 11.3. The summed E-state index contributed by atoms with van der Waals surface area (Å²) >= 11 is 5.96. The highest BCUT2D eigenvalue weighted by atomic mass is 35.5. The molecular weight excluding hydrogens is 454 g/mol. The lowest BCUT2D eigenvalue weighted by molar-refractivity contribution is -0.121. The van der Waals surface area contributed by atoms with Crippen molar-refractivity contribution in [2.45, 2.75) is 38.8 Å². The highest BCUT2D eigenvalue weighted by Gasteiger charge is 2.22. The second-order valence-electron chi connectivity index (χ2n) is 9.05. The van der Waals surface area contributed by atoms with Gasteiger partial charge in [-0.15, -0.1) is 0 Å². The van der Waals surface area contributed by atoms with Crippen LogP contribution < -0.4 is 20.8 Å². The number of nitrogens with zero attached hydrogens (tertiary/aromatic N) is 2. The number of aliphatic hydroxyl groups is 1. The number of benzene rings is 2. The first-order chi connectivity index (χ1) is 16.2. The lowest BCUT2D eigenvalue weighted by Crippen LogP contribution is -2.49. The Hall–Kier alpha value is -3.12. The number of nitriles is 1. The minimum Gasteiger partial charge on any atom is -0.489 e. The van der Waals surface area contributed by atoms with Gasteiger partial charge in [0.2, 0.25) is 5.91 Å². The average molecular weight is 484 g/mol. The maximum absolute atomic E-state index is 11.4. The number of amides is 1. The van der Waals surface area contributed by atoms with Gasteiger partial charge in [-0.1, -0.05) is 30.7 Å². The Morgan fingerprint density at radius 1 is 1.32 bits per heavy atom. The first kappa shape index (κ1) is 25.5. The molecule has 0 saturated carbocycles. The van der Waals surface area contributed by atoms with Crippen molar-refractivity contribution < 1.29 is 14.6 Å².